The SMILES string of the molecule is CCN1c2cc(N)ccc2-c2ccc(N)cc2[C@H]1c1ccccc1. The van der Waals surface area contributed by atoms with Crippen LogP contribution in [0.25, 0.3) is 11.1 Å². The lowest BCUT2D eigenvalue weighted by molar-refractivity contribution is 0.719. The summed E-state index contributed by atoms with van der Waals surface area (Å²) in [6.45, 7) is 3.07. The molecule has 0 spiro atoms. The molecule has 4 rings (SSSR count). The predicted molar refractivity (Wildman–Crippen MR) is 102 cm³/mol. The Morgan fingerprint density at radius 2 is 1.50 bits per heavy atom. The van der Waals surface area contributed by atoms with Gasteiger partial charge < -0.3 is 16.4 Å². The minimum Gasteiger partial charge on any atom is -0.399 e. The molecule has 0 amide bonds. The van der Waals surface area contributed by atoms with E-state index in [2.05, 4.69) is 66.4 Å². The van der Waals surface area contributed by atoms with Gasteiger partial charge in [0.15, 0.2) is 0 Å². The van der Waals surface area contributed by atoms with E-state index >= 15 is 0 Å². The third kappa shape index (κ3) is 2.21. The van der Waals surface area contributed by atoms with Crippen molar-refractivity contribution in [3.63, 3.8) is 0 Å². The Balaban J connectivity index is 2.02. The van der Waals surface area contributed by atoms with E-state index in [9.17, 15) is 0 Å². The minimum absolute atomic E-state index is 0.143. The fourth-order valence-electron chi connectivity index (χ4n) is 3.72. The van der Waals surface area contributed by atoms with Crippen LogP contribution in [0.15, 0.2) is 66.7 Å². The van der Waals surface area contributed by atoms with Crippen molar-refractivity contribution in [1.82, 2.24) is 0 Å². The molecular formula is C21H21N3. The van der Waals surface area contributed by atoms with Gasteiger partial charge in [0.1, 0.15) is 0 Å². The summed E-state index contributed by atoms with van der Waals surface area (Å²) in [5.74, 6) is 0. The first-order valence-corrected chi connectivity index (χ1v) is 8.30. The molecule has 0 aromatic heterocycles. The molecule has 1 heterocycles. The van der Waals surface area contributed by atoms with E-state index in [0.29, 0.717) is 0 Å². The van der Waals surface area contributed by atoms with E-state index in [1.807, 2.05) is 12.1 Å². The molecule has 1 atom stereocenters. The molecule has 4 N–H and O–H groups in total. The van der Waals surface area contributed by atoms with Crippen molar-refractivity contribution in [3.8, 4) is 11.1 Å². The first-order chi connectivity index (χ1) is 11.7. The molecule has 0 saturated heterocycles. The largest absolute Gasteiger partial charge is 0.399 e. The van der Waals surface area contributed by atoms with Crippen LogP contribution in [0, 0.1) is 0 Å². The highest BCUT2D eigenvalue weighted by Gasteiger charge is 2.31. The van der Waals surface area contributed by atoms with Crippen molar-refractivity contribution in [2.45, 2.75) is 13.0 Å². The van der Waals surface area contributed by atoms with Crippen molar-refractivity contribution < 1.29 is 0 Å². The van der Waals surface area contributed by atoms with Gasteiger partial charge in [-0.3, -0.25) is 0 Å². The normalized spacial score (nSPS) is 15.7. The lowest BCUT2D eigenvalue weighted by Crippen LogP contribution is -2.33. The maximum atomic E-state index is 6.11. The average molecular weight is 315 g/mol. The summed E-state index contributed by atoms with van der Waals surface area (Å²) >= 11 is 0. The maximum absolute atomic E-state index is 6.11. The van der Waals surface area contributed by atoms with Gasteiger partial charge in [0.2, 0.25) is 0 Å². The topological polar surface area (TPSA) is 55.3 Å². The molecule has 3 aromatic rings. The molecule has 0 fully saturated rings. The van der Waals surface area contributed by atoms with E-state index in [-0.39, 0.29) is 6.04 Å². The number of hydrogen-bond acceptors (Lipinski definition) is 3. The molecule has 3 aromatic carbocycles. The van der Waals surface area contributed by atoms with Gasteiger partial charge in [-0.25, -0.2) is 0 Å². The van der Waals surface area contributed by atoms with Crippen LogP contribution in [0.5, 0.6) is 0 Å². The minimum atomic E-state index is 0.143. The van der Waals surface area contributed by atoms with Crippen LogP contribution in [0.1, 0.15) is 24.1 Å². The number of rotatable bonds is 2. The van der Waals surface area contributed by atoms with Crippen LogP contribution in [-0.4, -0.2) is 6.54 Å². The third-order valence-corrected chi connectivity index (χ3v) is 4.76. The van der Waals surface area contributed by atoms with Crippen molar-refractivity contribution in [1.29, 1.82) is 0 Å². The van der Waals surface area contributed by atoms with Gasteiger partial charge in [0.05, 0.1) is 6.04 Å². The molecule has 0 bridgehead atoms. The number of hydrogen-bond donors (Lipinski definition) is 2. The number of benzene rings is 3. The van der Waals surface area contributed by atoms with Crippen LogP contribution in [0.4, 0.5) is 17.1 Å². The molecule has 0 aliphatic carbocycles. The van der Waals surface area contributed by atoms with E-state index < -0.39 is 0 Å². The van der Waals surface area contributed by atoms with Crippen molar-refractivity contribution in [2.24, 2.45) is 0 Å². The highest BCUT2D eigenvalue weighted by molar-refractivity contribution is 5.88. The molecule has 3 nitrogen and oxygen atoms in total. The van der Waals surface area contributed by atoms with E-state index in [1.54, 1.807) is 0 Å². The molecule has 1 aliphatic rings. The molecule has 1 aliphatic heterocycles. The van der Waals surface area contributed by atoms with Gasteiger partial charge in [0.25, 0.3) is 0 Å². The highest BCUT2D eigenvalue weighted by Crippen LogP contribution is 2.48. The fourth-order valence-corrected chi connectivity index (χ4v) is 3.72. The Hall–Kier alpha value is -2.94. The molecule has 0 unspecified atom stereocenters. The average Bonchev–Trinajstić information content (AvgIpc) is 2.61. The number of anilines is 3. The Morgan fingerprint density at radius 1 is 0.833 bits per heavy atom. The van der Waals surface area contributed by atoms with Gasteiger partial charge in [-0.2, -0.15) is 0 Å². The number of nitrogens with two attached hydrogens (primary N) is 2. The molecule has 0 saturated carbocycles. The fraction of sp³-hybridized carbons (Fsp3) is 0.143. The Labute approximate surface area is 142 Å². The van der Waals surface area contributed by atoms with Crippen LogP contribution in [-0.2, 0) is 0 Å². The summed E-state index contributed by atoms with van der Waals surface area (Å²) in [5.41, 5.74) is 19.9. The molecular weight excluding hydrogens is 294 g/mol. The van der Waals surface area contributed by atoms with Crippen molar-refractivity contribution >= 4 is 17.1 Å². The summed E-state index contributed by atoms with van der Waals surface area (Å²) in [7, 11) is 0. The number of fused-ring (bicyclic) bond motifs is 3. The third-order valence-electron chi connectivity index (χ3n) is 4.76. The Bertz CT molecular complexity index is 887. The van der Waals surface area contributed by atoms with Crippen LogP contribution < -0.4 is 16.4 Å². The summed E-state index contributed by atoms with van der Waals surface area (Å²) in [4.78, 5) is 2.41. The van der Waals surface area contributed by atoms with Crippen LogP contribution >= 0.6 is 0 Å². The zero-order valence-corrected chi connectivity index (χ0v) is 13.7. The lowest BCUT2D eigenvalue weighted by Gasteiger charge is -2.40. The second kappa shape index (κ2) is 5.60. The Morgan fingerprint density at radius 3 is 2.21 bits per heavy atom. The van der Waals surface area contributed by atoms with Gasteiger partial charge in [-0.1, -0.05) is 42.5 Å². The van der Waals surface area contributed by atoms with Gasteiger partial charge in [-0.15, -0.1) is 0 Å². The van der Waals surface area contributed by atoms with Gasteiger partial charge in [0, 0.05) is 29.2 Å². The first-order valence-electron chi connectivity index (χ1n) is 8.30. The lowest BCUT2D eigenvalue weighted by atomic mass is 9.84. The maximum Gasteiger partial charge on any atom is 0.0802 e. The standard InChI is InChI=1S/C21H21N3/c1-2-24-20-13-16(23)9-11-18(20)17-10-8-15(22)12-19(17)21(24)14-6-4-3-5-7-14/h3-13,21H,2,22-23H2,1H3/t21-/m1/s1. The molecule has 3 heteroatoms. The second-order valence-electron chi connectivity index (χ2n) is 6.22. The van der Waals surface area contributed by atoms with Crippen LogP contribution in [0.3, 0.4) is 0 Å². The van der Waals surface area contributed by atoms with Gasteiger partial charge >= 0.3 is 0 Å². The highest BCUT2D eigenvalue weighted by atomic mass is 15.2. The zero-order valence-electron chi connectivity index (χ0n) is 13.7. The predicted octanol–water partition coefficient (Wildman–Crippen LogP) is 4.45. The van der Waals surface area contributed by atoms with Crippen molar-refractivity contribution in [3.05, 3.63) is 77.9 Å². The second-order valence-corrected chi connectivity index (χ2v) is 6.22. The zero-order chi connectivity index (χ0) is 16.7. The summed E-state index contributed by atoms with van der Waals surface area (Å²) in [6, 6.07) is 23.1. The van der Waals surface area contributed by atoms with Crippen molar-refractivity contribution in [2.75, 3.05) is 22.9 Å². The summed E-state index contributed by atoms with van der Waals surface area (Å²) < 4.78 is 0. The Kier molecular flexibility index (Phi) is 3.42. The quantitative estimate of drug-likeness (QED) is 0.687. The smallest absolute Gasteiger partial charge is 0.0802 e. The molecule has 0 radical (unpaired) electrons. The van der Waals surface area contributed by atoms with E-state index in [0.717, 1.165) is 17.9 Å². The van der Waals surface area contributed by atoms with E-state index in [4.69, 9.17) is 11.5 Å². The van der Waals surface area contributed by atoms with Crippen LogP contribution in [0.2, 0.25) is 0 Å². The summed E-state index contributed by atoms with van der Waals surface area (Å²) in [6.07, 6.45) is 0. The molecule has 120 valence electrons. The molecule has 24 heavy (non-hydrogen) atoms. The monoisotopic (exact) mass is 315 g/mol. The van der Waals surface area contributed by atoms with E-state index in [1.165, 1.54) is 27.9 Å². The summed E-state index contributed by atoms with van der Waals surface area (Å²) in [5, 5.41) is 0. The number of nitrogens with zero attached hydrogens (tertiary/aromatic N) is 1. The van der Waals surface area contributed by atoms with Gasteiger partial charge in [-0.05, 0) is 47.9 Å². The number of nitrogen functional groups attached to an aromatic ring is 2. The first kappa shape index (κ1) is 14.6.